The number of hydrogen-bond donors (Lipinski definition) is 0. The van der Waals surface area contributed by atoms with E-state index in [1.54, 1.807) is 0 Å². The summed E-state index contributed by atoms with van der Waals surface area (Å²) < 4.78 is 15.2. The van der Waals surface area contributed by atoms with E-state index in [9.17, 15) is 0 Å². The van der Waals surface area contributed by atoms with Crippen LogP contribution in [-0.2, 0) is 0 Å². The van der Waals surface area contributed by atoms with Gasteiger partial charge in [0.1, 0.15) is 22.3 Å². The minimum atomic E-state index is 0.565. The van der Waals surface area contributed by atoms with Crippen LogP contribution in [0.1, 0.15) is 0 Å². The van der Waals surface area contributed by atoms with Gasteiger partial charge in [-0.2, -0.15) is 0 Å². The molecule has 0 amide bonds. The van der Waals surface area contributed by atoms with Crippen molar-refractivity contribution in [2.75, 3.05) is 0 Å². The van der Waals surface area contributed by atoms with Gasteiger partial charge in [-0.25, -0.2) is 15.0 Å². The monoisotopic (exact) mass is 728 g/mol. The molecule has 0 atom stereocenters. The van der Waals surface area contributed by atoms with Crippen LogP contribution in [0.2, 0.25) is 0 Å². The van der Waals surface area contributed by atoms with Gasteiger partial charge in [0.05, 0.1) is 11.0 Å². The Morgan fingerprint density at radius 2 is 0.807 bits per heavy atom. The van der Waals surface area contributed by atoms with Crippen LogP contribution in [0.3, 0.4) is 0 Å². The molecule has 0 fully saturated rings. The molecule has 0 saturated carbocycles. The topological polar surface area (TPSA) is 69.9 Å². The predicted octanol–water partition coefficient (Wildman–Crippen LogP) is 13.5. The Morgan fingerprint density at radius 3 is 1.44 bits per heavy atom. The van der Waals surface area contributed by atoms with Crippen LogP contribution in [0, 0.1) is 0 Å². The molecule has 0 saturated heterocycles. The summed E-state index contributed by atoms with van der Waals surface area (Å²) in [4.78, 5) is 15.0. The molecule has 264 valence electrons. The molecule has 57 heavy (non-hydrogen) atoms. The maximum Gasteiger partial charge on any atom is 0.164 e. The fraction of sp³-hybridized carbons (Fsp3) is 0. The smallest absolute Gasteiger partial charge is 0.164 e. The number of furan rings is 2. The summed E-state index contributed by atoms with van der Waals surface area (Å²) in [5, 5.41) is 11.9. The molecule has 0 aliphatic carbocycles. The highest BCUT2D eigenvalue weighted by Gasteiger charge is 2.21. The zero-order chi connectivity index (χ0) is 37.2. The van der Waals surface area contributed by atoms with Crippen LogP contribution in [0.15, 0.2) is 179 Å². The van der Waals surface area contributed by atoms with Crippen LogP contribution < -0.4 is 0 Å². The Morgan fingerprint density at radius 1 is 0.316 bits per heavy atom. The lowest BCUT2D eigenvalue weighted by molar-refractivity contribution is 0.668. The van der Waals surface area contributed by atoms with Crippen molar-refractivity contribution in [3.05, 3.63) is 170 Å². The molecule has 0 radical (unpaired) electrons. The average Bonchev–Trinajstić information content (AvgIpc) is 3.95. The van der Waals surface area contributed by atoms with Crippen LogP contribution in [-0.4, -0.2) is 19.5 Å². The highest BCUT2D eigenvalue weighted by molar-refractivity contribution is 6.34. The fourth-order valence-corrected chi connectivity index (χ4v) is 9.05. The molecule has 0 aliphatic rings. The van der Waals surface area contributed by atoms with Crippen molar-refractivity contribution in [2.45, 2.75) is 0 Å². The SMILES string of the molecule is c1ccc(-c2nc(-c3ccc4c(c3)oc3ccccc34)nc(-c3ccc4c(c3)oc3ccc(-n5c6cccc7c8ccccc8c8cccc5c8c76)cc34)n2)cc1. The zero-order valence-electron chi connectivity index (χ0n) is 30.3. The molecule has 0 aliphatic heterocycles. The summed E-state index contributed by atoms with van der Waals surface area (Å²) in [5.41, 5.74) is 9.31. The van der Waals surface area contributed by atoms with Crippen molar-refractivity contribution >= 4 is 87.2 Å². The fourth-order valence-electron chi connectivity index (χ4n) is 9.05. The number of benzene rings is 9. The van der Waals surface area contributed by atoms with Crippen molar-refractivity contribution < 1.29 is 8.83 Å². The third-order valence-corrected chi connectivity index (χ3v) is 11.6. The Kier molecular flexibility index (Phi) is 6.07. The number of hydrogen-bond acceptors (Lipinski definition) is 5. The van der Waals surface area contributed by atoms with E-state index in [1.165, 1.54) is 43.4 Å². The van der Waals surface area contributed by atoms with Crippen LogP contribution >= 0.6 is 0 Å². The summed E-state index contributed by atoms with van der Waals surface area (Å²) in [6.07, 6.45) is 0. The van der Waals surface area contributed by atoms with Gasteiger partial charge in [0.25, 0.3) is 0 Å². The average molecular weight is 729 g/mol. The Bertz CT molecular complexity index is 3680. The first-order chi connectivity index (χ1) is 28.2. The molecule has 6 heteroatoms. The molecule has 13 aromatic rings. The number of rotatable bonds is 4. The standard InChI is InChI=1S/C51H28N4O2/c1-2-10-29(11-3-1)49-52-50(30-20-23-36-35-14-6-7-19-43(35)56-45(36)26-30)54-51(53-49)31-21-24-37-40-28-32(22-25-44(40)57-46(37)27-31)55-41-17-8-15-38-33-12-4-5-13-34(33)39-16-9-18-42(55)48(39)47(38)41/h1-28H. The third-order valence-electron chi connectivity index (χ3n) is 11.6. The van der Waals surface area contributed by atoms with Gasteiger partial charge in [-0.15, -0.1) is 0 Å². The molecule has 9 aromatic carbocycles. The summed E-state index contributed by atoms with van der Waals surface area (Å²) in [7, 11) is 0. The Balaban J connectivity index is 0.967. The Labute approximate surface area is 324 Å². The van der Waals surface area contributed by atoms with Crippen LogP contribution in [0.25, 0.3) is 127 Å². The maximum absolute atomic E-state index is 6.57. The zero-order valence-corrected chi connectivity index (χ0v) is 30.3. The van der Waals surface area contributed by atoms with E-state index in [4.69, 9.17) is 23.8 Å². The first kappa shape index (κ1) is 30.5. The largest absolute Gasteiger partial charge is 0.456 e. The highest BCUT2D eigenvalue weighted by Crippen LogP contribution is 2.44. The molecule has 0 spiro atoms. The molecular formula is C51H28N4O2. The summed E-state index contributed by atoms with van der Waals surface area (Å²) in [5.74, 6) is 1.73. The van der Waals surface area contributed by atoms with E-state index >= 15 is 0 Å². The molecule has 4 aromatic heterocycles. The predicted molar refractivity (Wildman–Crippen MR) is 231 cm³/mol. The third kappa shape index (κ3) is 4.38. The minimum absolute atomic E-state index is 0.565. The Hall–Kier alpha value is -7.83. The van der Waals surface area contributed by atoms with E-state index < -0.39 is 0 Å². The van der Waals surface area contributed by atoms with Gasteiger partial charge in [-0.1, -0.05) is 109 Å². The number of para-hydroxylation sites is 1. The van der Waals surface area contributed by atoms with E-state index in [0.717, 1.165) is 66.3 Å². The van der Waals surface area contributed by atoms with Gasteiger partial charge in [0.15, 0.2) is 17.5 Å². The molecule has 6 nitrogen and oxygen atoms in total. The first-order valence-corrected chi connectivity index (χ1v) is 19.1. The van der Waals surface area contributed by atoms with E-state index in [2.05, 4.69) is 114 Å². The number of aromatic nitrogens is 4. The quantitative estimate of drug-likeness (QED) is 0.169. The molecule has 0 N–H and O–H groups in total. The highest BCUT2D eigenvalue weighted by atomic mass is 16.3. The van der Waals surface area contributed by atoms with Gasteiger partial charge in [0.2, 0.25) is 0 Å². The van der Waals surface area contributed by atoms with Crippen molar-refractivity contribution in [3.63, 3.8) is 0 Å². The van der Waals surface area contributed by atoms with E-state index in [-0.39, 0.29) is 0 Å². The molecule has 0 bridgehead atoms. The molecule has 13 rings (SSSR count). The number of fused-ring (bicyclic) bond motifs is 9. The first-order valence-electron chi connectivity index (χ1n) is 19.1. The van der Waals surface area contributed by atoms with Gasteiger partial charge in [0, 0.05) is 54.7 Å². The lowest BCUT2D eigenvalue weighted by Crippen LogP contribution is -2.00. The lowest BCUT2D eigenvalue weighted by atomic mass is 9.95. The normalized spacial score (nSPS) is 12.2. The second-order valence-electron chi connectivity index (χ2n) is 14.8. The molecule has 0 unspecified atom stereocenters. The molecular weight excluding hydrogens is 701 g/mol. The van der Waals surface area contributed by atoms with Crippen LogP contribution in [0.5, 0.6) is 0 Å². The van der Waals surface area contributed by atoms with Gasteiger partial charge in [-0.05, 0) is 82.2 Å². The van der Waals surface area contributed by atoms with Gasteiger partial charge in [-0.3, -0.25) is 0 Å². The van der Waals surface area contributed by atoms with Crippen molar-refractivity contribution in [3.8, 4) is 39.9 Å². The van der Waals surface area contributed by atoms with E-state index in [0.29, 0.717) is 17.5 Å². The van der Waals surface area contributed by atoms with Gasteiger partial charge < -0.3 is 13.4 Å². The minimum Gasteiger partial charge on any atom is -0.456 e. The summed E-state index contributed by atoms with van der Waals surface area (Å²) in [6.45, 7) is 0. The molecule has 4 heterocycles. The van der Waals surface area contributed by atoms with E-state index in [1.807, 2.05) is 60.7 Å². The maximum atomic E-state index is 6.57. The second-order valence-corrected chi connectivity index (χ2v) is 14.8. The van der Waals surface area contributed by atoms with Gasteiger partial charge >= 0.3 is 0 Å². The van der Waals surface area contributed by atoms with Crippen molar-refractivity contribution in [1.82, 2.24) is 19.5 Å². The van der Waals surface area contributed by atoms with Crippen molar-refractivity contribution in [2.24, 2.45) is 0 Å². The lowest BCUT2D eigenvalue weighted by Gasteiger charge is -2.08. The summed E-state index contributed by atoms with van der Waals surface area (Å²) >= 11 is 0. The van der Waals surface area contributed by atoms with Crippen molar-refractivity contribution in [1.29, 1.82) is 0 Å². The number of nitrogens with zero attached hydrogens (tertiary/aromatic N) is 4. The summed E-state index contributed by atoms with van der Waals surface area (Å²) in [6, 6.07) is 59.1. The second kappa shape index (κ2) is 11.4. The van der Waals surface area contributed by atoms with Crippen LogP contribution in [0.4, 0.5) is 0 Å².